The van der Waals surface area contributed by atoms with Gasteiger partial charge < -0.3 is 20.1 Å². The zero-order valence-electron chi connectivity index (χ0n) is 17.4. The van der Waals surface area contributed by atoms with Crippen molar-refractivity contribution in [3.8, 4) is 11.5 Å². The highest BCUT2D eigenvalue weighted by Gasteiger charge is 2.56. The quantitative estimate of drug-likeness (QED) is 0.671. The molecule has 0 radical (unpaired) electrons. The molecule has 1 aliphatic carbocycles. The highest BCUT2D eigenvalue weighted by molar-refractivity contribution is 6.13. The summed E-state index contributed by atoms with van der Waals surface area (Å²) in [5.74, 6) is 0.892. The van der Waals surface area contributed by atoms with Crippen LogP contribution in [0, 0.1) is 19.3 Å². The van der Waals surface area contributed by atoms with Crippen LogP contribution < -0.4 is 20.1 Å². The van der Waals surface area contributed by atoms with Crippen molar-refractivity contribution < 1.29 is 19.1 Å². The van der Waals surface area contributed by atoms with E-state index >= 15 is 0 Å². The maximum Gasteiger partial charge on any atom is 0.240 e. The number of carbonyl (C=O) groups is 2. The molecule has 3 rings (SSSR count). The Morgan fingerprint density at radius 2 is 1.62 bits per heavy atom. The third kappa shape index (κ3) is 4.36. The van der Waals surface area contributed by atoms with Gasteiger partial charge in [0.05, 0.1) is 14.2 Å². The van der Waals surface area contributed by atoms with E-state index in [4.69, 9.17) is 9.47 Å². The average Bonchev–Trinajstić information content (AvgIpc) is 3.52. The molecule has 0 aromatic heterocycles. The zero-order valence-corrected chi connectivity index (χ0v) is 17.4. The number of hydrogen-bond donors (Lipinski definition) is 2. The topological polar surface area (TPSA) is 76.7 Å². The minimum atomic E-state index is -0.952. The molecule has 2 aromatic rings. The second-order valence-electron chi connectivity index (χ2n) is 7.50. The fourth-order valence-corrected chi connectivity index (χ4v) is 3.45. The lowest BCUT2D eigenvalue weighted by molar-refractivity contribution is -0.134. The van der Waals surface area contributed by atoms with Crippen molar-refractivity contribution in [3.63, 3.8) is 0 Å². The summed E-state index contributed by atoms with van der Waals surface area (Å²) >= 11 is 0. The number of anilines is 1. The first-order valence-corrected chi connectivity index (χ1v) is 9.78. The van der Waals surface area contributed by atoms with Crippen LogP contribution in [0.4, 0.5) is 5.69 Å². The molecule has 29 heavy (non-hydrogen) atoms. The zero-order chi connectivity index (χ0) is 21.0. The van der Waals surface area contributed by atoms with Gasteiger partial charge >= 0.3 is 0 Å². The van der Waals surface area contributed by atoms with Crippen LogP contribution >= 0.6 is 0 Å². The summed E-state index contributed by atoms with van der Waals surface area (Å²) in [5, 5.41) is 5.89. The Balaban J connectivity index is 1.58. The van der Waals surface area contributed by atoms with E-state index in [1.807, 2.05) is 50.2 Å². The molecule has 0 aliphatic heterocycles. The molecule has 2 amide bonds. The second-order valence-corrected chi connectivity index (χ2v) is 7.50. The summed E-state index contributed by atoms with van der Waals surface area (Å²) in [4.78, 5) is 25.6. The molecule has 154 valence electrons. The van der Waals surface area contributed by atoms with E-state index in [1.54, 1.807) is 14.2 Å². The summed E-state index contributed by atoms with van der Waals surface area (Å²) in [7, 11) is 3.19. The van der Waals surface area contributed by atoms with Crippen molar-refractivity contribution >= 4 is 17.5 Å². The van der Waals surface area contributed by atoms with E-state index in [9.17, 15) is 9.59 Å². The van der Waals surface area contributed by atoms with Crippen molar-refractivity contribution in [3.05, 3.63) is 53.1 Å². The number of hydrogen-bond acceptors (Lipinski definition) is 4. The van der Waals surface area contributed by atoms with Gasteiger partial charge in [-0.1, -0.05) is 24.3 Å². The summed E-state index contributed by atoms with van der Waals surface area (Å²) in [6, 6.07) is 11.5. The Bertz CT molecular complexity index is 899. The van der Waals surface area contributed by atoms with Crippen LogP contribution in [0.2, 0.25) is 0 Å². The summed E-state index contributed by atoms with van der Waals surface area (Å²) in [6.07, 6.45) is 1.79. The van der Waals surface area contributed by atoms with E-state index in [2.05, 4.69) is 10.6 Å². The number of rotatable bonds is 8. The van der Waals surface area contributed by atoms with Crippen LogP contribution in [0.15, 0.2) is 36.4 Å². The Morgan fingerprint density at radius 3 is 2.21 bits per heavy atom. The lowest BCUT2D eigenvalue weighted by atomic mass is 10.0. The number of nitrogens with one attached hydrogen (secondary N) is 2. The molecule has 0 unspecified atom stereocenters. The number of methoxy groups -OCH3 is 2. The third-order valence-corrected chi connectivity index (χ3v) is 5.49. The van der Waals surface area contributed by atoms with Crippen LogP contribution in [0.1, 0.15) is 29.5 Å². The molecule has 0 heterocycles. The van der Waals surface area contributed by atoms with Gasteiger partial charge in [0.15, 0.2) is 11.5 Å². The Hall–Kier alpha value is -3.02. The van der Waals surface area contributed by atoms with Crippen LogP contribution in [0.3, 0.4) is 0 Å². The highest BCUT2D eigenvalue weighted by atomic mass is 16.5. The van der Waals surface area contributed by atoms with Gasteiger partial charge in [0.2, 0.25) is 11.8 Å². The Morgan fingerprint density at radius 1 is 0.966 bits per heavy atom. The normalized spacial score (nSPS) is 14.1. The van der Waals surface area contributed by atoms with Crippen molar-refractivity contribution in [1.82, 2.24) is 5.32 Å². The van der Waals surface area contributed by atoms with E-state index in [0.717, 1.165) is 22.4 Å². The average molecular weight is 396 g/mol. The summed E-state index contributed by atoms with van der Waals surface area (Å²) < 4.78 is 10.6. The number of ether oxygens (including phenoxy) is 2. The predicted octanol–water partition coefficient (Wildman–Crippen LogP) is 3.40. The van der Waals surface area contributed by atoms with E-state index in [0.29, 0.717) is 37.3 Å². The molecule has 1 fully saturated rings. The van der Waals surface area contributed by atoms with Crippen LogP contribution in [0.5, 0.6) is 11.5 Å². The molecule has 6 nitrogen and oxygen atoms in total. The second kappa shape index (κ2) is 8.55. The highest BCUT2D eigenvalue weighted by Crippen LogP contribution is 2.47. The minimum Gasteiger partial charge on any atom is -0.493 e. The SMILES string of the molecule is COc1ccc(CCNC(=O)C2(C(=O)Nc3c(C)cccc3C)CC2)cc1OC. The van der Waals surface area contributed by atoms with E-state index in [1.165, 1.54) is 0 Å². The fraction of sp³-hybridized carbons (Fsp3) is 0.391. The maximum absolute atomic E-state index is 12.8. The Kier molecular flexibility index (Phi) is 6.11. The summed E-state index contributed by atoms with van der Waals surface area (Å²) in [6.45, 7) is 4.35. The lowest BCUT2D eigenvalue weighted by Gasteiger charge is -2.18. The van der Waals surface area contributed by atoms with Gasteiger partial charge in [-0.2, -0.15) is 0 Å². The molecule has 0 atom stereocenters. The molecular formula is C23H28N2O4. The number of para-hydroxylation sites is 1. The van der Waals surface area contributed by atoms with Crippen LogP contribution in [-0.2, 0) is 16.0 Å². The molecule has 0 saturated heterocycles. The molecule has 2 N–H and O–H groups in total. The maximum atomic E-state index is 12.8. The molecule has 0 bridgehead atoms. The number of carbonyl (C=O) groups excluding carboxylic acids is 2. The van der Waals surface area contributed by atoms with E-state index < -0.39 is 5.41 Å². The first-order valence-electron chi connectivity index (χ1n) is 9.78. The summed E-state index contributed by atoms with van der Waals surface area (Å²) in [5.41, 5.74) is 2.84. The largest absolute Gasteiger partial charge is 0.493 e. The minimum absolute atomic E-state index is 0.207. The van der Waals surface area contributed by atoms with Crippen molar-refractivity contribution in [1.29, 1.82) is 0 Å². The Labute approximate surface area is 171 Å². The van der Waals surface area contributed by atoms with Crippen LogP contribution in [0.25, 0.3) is 0 Å². The molecule has 6 heteroatoms. The molecule has 0 spiro atoms. The van der Waals surface area contributed by atoms with Gasteiger partial charge in [-0.3, -0.25) is 9.59 Å². The molecule has 1 saturated carbocycles. The fourth-order valence-electron chi connectivity index (χ4n) is 3.45. The van der Waals surface area contributed by atoms with Gasteiger partial charge in [0.25, 0.3) is 0 Å². The van der Waals surface area contributed by atoms with Gasteiger partial charge in [0.1, 0.15) is 5.41 Å². The van der Waals surface area contributed by atoms with Crippen LogP contribution in [-0.4, -0.2) is 32.6 Å². The van der Waals surface area contributed by atoms with Crippen molar-refractivity contribution in [2.24, 2.45) is 5.41 Å². The van der Waals surface area contributed by atoms with Gasteiger partial charge in [-0.05, 0) is 61.9 Å². The number of benzene rings is 2. The first kappa shape index (κ1) is 20.7. The number of amides is 2. The first-order chi connectivity index (χ1) is 13.9. The predicted molar refractivity (Wildman–Crippen MR) is 112 cm³/mol. The van der Waals surface area contributed by atoms with Gasteiger partial charge in [-0.15, -0.1) is 0 Å². The molecular weight excluding hydrogens is 368 g/mol. The van der Waals surface area contributed by atoms with Crippen molar-refractivity contribution in [2.45, 2.75) is 33.1 Å². The molecule has 1 aliphatic rings. The lowest BCUT2D eigenvalue weighted by Crippen LogP contribution is -2.40. The van der Waals surface area contributed by atoms with Gasteiger partial charge in [-0.25, -0.2) is 0 Å². The third-order valence-electron chi connectivity index (χ3n) is 5.49. The monoisotopic (exact) mass is 396 g/mol. The van der Waals surface area contributed by atoms with Crippen molar-refractivity contribution in [2.75, 3.05) is 26.1 Å². The molecule has 2 aromatic carbocycles. The van der Waals surface area contributed by atoms with Gasteiger partial charge in [0, 0.05) is 12.2 Å². The smallest absolute Gasteiger partial charge is 0.240 e. The number of aryl methyl sites for hydroxylation is 2. The standard InChI is InChI=1S/C23H28N2O4/c1-15-6-5-7-16(2)20(15)25-22(27)23(11-12-23)21(26)24-13-10-17-8-9-18(28-3)19(14-17)29-4/h5-9,14H,10-13H2,1-4H3,(H,24,26)(H,25,27). The van der Waals surface area contributed by atoms with E-state index in [-0.39, 0.29) is 11.8 Å².